The average molecular weight is 382 g/mol. The normalized spacial score (nSPS) is 10.9. The first-order valence-corrected chi connectivity index (χ1v) is 9.01. The first kappa shape index (κ1) is 19.3. The maximum absolute atomic E-state index is 13.0. The Hall–Kier alpha value is -3.42. The molecule has 0 saturated carbocycles. The third-order valence-electron chi connectivity index (χ3n) is 4.60. The van der Waals surface area contributed by atoms with Gasteiger partial charge in [0.05, 0.1) is 17.9 Å². The van der Waals surface area contributed by atoms with Crippen LogP contribution < -0.4 is 21.3 Å². The van der Waals surface area contributed by atoms with Crippen LogP contribution >= 0.6 is 0 Å². The van der Waals surface area contributed by atoms with Crippen LogP contribution in [0.2, 0.25) is 0 Å². The lowest BCUT2D eigenvalue weighted by Gasteiger charge is -2.16. The Morgan fingerprint density at radius 2 is 1.86 bits per heavy atom. The minimum Gasteiger partial charge on any atom is -0.493 e. The Morgan fingerprint density at radius 1 is 1.14 bits per heavy atom. The van der Waals surface area contributed by atoms with Crippen molar-refractivity contribution in [2.24, 2.45) is 14.1 Å². The molecule has 146 valence electrons. The van der Waals surface area contributed by atoms with Crippen molar-refractivity contribution in [3.8, 4) is 5.75 Å². The van der Waals surface area contributed by atoms with Crippen molar-refractivity contribution in [2.45, 2.75) is 20.3 Å². The lowest BCUT2D eigenvalue weighted by atomic mass is 10.1. The number of para-hydroxylation sites is 1. The zero-order valence-electron chi connectivity index (χ0n) is 16.3. The molecule has 0 aliphatic heterocycles. The molecule has 1 N–H and O–H groups in total. The second-order valence-electron chi connectivity index (χ2n) is 6.30. The van der Waals surface area contributed by atoms with Crippen LogP contribution in [-0.4, -0.2) is 26.6 Å². The highest BCUT2D eigenvalue weighted by Gasteiger charge is 2.20. The third-order valence-corrected chi connectivity index (χ3v) is 4.60. The van der Waals surface area contributed by atoms with E-state index in [1.54, 1.807) is 37.5 Å². The van der Waals surface area contributed by atoms with Crippen molar-refractivity contribution in [3.05, 3.63) is 62.4 Å². The third kappa shape index (κ3) is 3.17. The van der Waals surface area contributed by atoms with E-state index in [1.165, 1.54) is 11.6 Å². The van der Waals surface area contributed by atoms with Gasteiger partial charge in [-0.2, -0.15) is 0 Å². The van der Waals surface area contributed by atoms with Crippen LogP contribution in [0.3, 0.4) is 0 Å². The van der Waals surface area contributed by atoms with Crippen LogP contribution in [0.4, 0.5) is 5.69 Å². The Balaban J connectivity index is 2.22. The summed E-state index contributed by atoms with van der Waals surface area (Å²) >= 11 is 0. The van der Waals surface area contributed by atoms with Gasteiger partial charge in [0.2, 0.25) is 0 Å². The van der Waals surface area contributed by atoms with Crippen molar-refractivity contribution in [1.29, 1.82) is 0 Å². The molecule has 0 aliphatic carbocycles. The van der Waals surface area contributed by atoms with Crippen molar-refractivity contribution in [2.75, 3.05) is 11.9 Å². The van der Waals surface area contributed by atoms with Gasteiger partial charge in [-0.25, -0.2) is 9.78 Å². The lowest BCUT2D eigenvalue weighted by Crippen LogP contribution is -2.38. The second-order valence-corrected chi connectivity index (χ2v) is 6.30. The lowest BCUT2D eigenvalue weighted by molar-refractivity contribution is 0.102. The van der Waals surface area contributed by atoms with E-state index in [-0.39, 0.29) is 11.0 Å². The summed E-state index contributed by atoms with van der Waals surface area (Å²) in [5, 5.41) is 3.05. The van der Waals surface area contributed by atoms with Crippen molar-refractivity contribution in [1.82, 2.24) is 14.1 Å². The summed E-state index contributed by atoms with van der Waals surface area (Å²) in [6.45, 7) is 4.16. The molecule has 0 fully saturated rings. The average Bonchev–Trinajstić information content (AvgIpc) is 2.70. The van der Waals surface area contributed by atoms with Gasteiger partial charge in [-0.15, -0.1) is 0 Å². The number of hydrogen-bond donors (Lipinski definition) is 1. The Labute approximate surface area is 161 Å². The summed E-state index contributed by atoms with van der Waals surface area (Å²) in [6, 6.07) is 6.90. The highest BCUT2D eigenvalue weighted by Crippen LogP contribution is 2.25. The van der Waals surface area contributed by atoms with Gasteiger partial charge in [-0.05, 0) is 31.0 Å². The van der Waals surface area contributed by atoms with Gasteiger partial charge >= 0.3 is 5.69 Å². The molecular formula is C20H22N4O4. The largest absolute Gasteiger partial charge is 0.493 e. The quantitative estimate of drug-likeness (QED) is 0.727. The molecule has 1 amide bonds. The fraction of sp³-hybridized carbons (Fsp3) is 0.300. The number of rotatable bonds is 5. The number of nitrogens with one attached hydrogen (secondary N) is 1. The molecule has 0 unspecified atom stereocenters. The van der Waals surface area contributed by atoms with E-state index in [1.807, 2.05) is 13.8 Å². The van der Waals surface area contributed by atoms with E-state index < -0.39 is 17.2 Å². The minimum absolute atomic E-state index is 0.200. The molecule has 0 saturated heterocycles. The SMILES string of the molecule is CCOc1ccccc1C(=O)Nc1c(CC)cnc2c1c(=O)n(C)c(=O)n2C. The number of benzene rings is 1. The number of carbonyl (C=O) groups excluding carboxylic acids is 1. The molecule has 8 heteroatoms. The number of hydrogen-bond acceptors (Lipinski definition) is 5. The molecule has 2 aromatic heterocycles. The van der Waals surface area contributed by atoms with E-state index in [0.29, 0.717) is 35.6 Å². The molecule has 0 radical (unpaired) electrons. The summed E-state index contributed by atoms with van der Waals surface area (Å²) in [7, 11) is 2.94. The van der Waals surface area contributed by atoms with Gasteiger partial charge < -0.3 is 10.1 Å². The Morgan fingerprint density at radius 3 is 2.54 bits per heavy atom. The summed E-state index contributed by atoms with van der Waals surface area (Å²) in [4.78, 5) is 42.3. The highest BCUT2D eigenvalue weighted by molar-refractivity contribution is 6.10. The monoisotopic (exact) mass is 382 g/mol. The first-order valence-electron chi connectivity index (χ1n) is 9.01. The Kier molecular flexibility index (Phi) is 5.30. The number of anilines is 1. The fourth-order valence-electron chi connectivity index (χ4n) is 3.09. The zero-order valence-corrected chi connectivity index (χ0v) is 16.3. The van der Waals surface area contributed by atoms with E-state index in [4.69, 9.17) is 4.74 Å². The van der Waals surface area contributed by atoms with E-state index >= 15 is 0 Å². The smallest absolute Gasteiger partial charge is 0.332 e. The van der Waals surface area contributed by atoms with Gasteiger partial charge in [0.1, 0.15) is 11.1 Å². The second kappa shape index (κ2) is 7.67. The predicted molar refractivity (Wildman–Crippen MR) is 107 cm³/mol. The van der Waals surface area contributed by atoms with Crippen LogP contribution in [0.15, 0.2) is 40.1 Å². The van der Waals surface area contributed by atoms with Crippen LogP contribution in [0.1, 0.15) is 29.8 Å². The van der Waals surface area contributed by atoms with Crippen molar-refractivity contribution in [3.63, 3.8) is 0 Å². The molecule has 1 aromatic carbocycles. The summed E-state index contributed by atoms with van der Waals surface area (Å²) < 4.78 is 7.83. The van der Waals surface area contributed by atoms with Crippen molar-refractivity contribution < 1.29 is 9.53 Å². The fourth-order valence-corrected chi connectivity index (χ4v) is 3.09. The molecule has 2 heterocycles. The number of nitrogens with zero attached hydrogens (tertiary/aromatic N) is 3. The number of ether oxygens (including phenoxy) is 1. The molecule has 3 rings (SSSR count). The molecule has 0 atom stereocenters. The van der Waals surface area contributed by atoms with Gasteiger partial charge in [0.15, 0.2) is 5.65 Å². The molecule has 3 aromatic rings. The number of amides is 1. The minimum atomic E-state index is -0.505. The summed E-state index contributed by atoms with van der Waals surface area (Å²) in [6.07, 6.45) is 2.13. The topological polar surface area (TPSA) is 95.2 Å². The number of aromatic nitrogens is 3. The van der Waals surface area contributed by atoms with Gasteiger partial charge in [-0.3, -0.25) is 18.7 Å². The molecular weight excluding hydrogens is 360 g/mol. The van der Waals surface area contributed by atoms with Crippen LogP contribution in [0, 0.1) is 0 Å². The number of fused-ring (bicyclic) bond motifs is 1. The van der Waals surface area contributed by atoms with Gasteiger partial charge in [-0.1, -0.05) is 19.1 Å². The van der Waals surface area contributed by atoms with Crippen LogP contribution in [0.25, 0.3) is 11.0 Å². The van der Waals surface area contributed by atoms with E-state index in [2.05, 4.69) is 10.3 Å². The molecule has 28 heavy (non-hydrogen) atoms. The molecule has 0 spiro atoms. The molecule has 8 nitrogen and oxygen atoms in total. The Bertz CT molecular complexity index is 1180. The maximum Gasteiger partial charge on any atom is 0.332 e. The highest BCUT2D eigenvalue weighted by atomic mass is 16.5. The maximum atomic E-state index is 13.0. The van der Waals surface area contributed by atoms with E-state index in [9.17, 15) is 14.4 Å². The van der Waals surface area contributed by atoms with Gasteiger partial charge in [0, 0.05) is 20.3 Å². The molecule has 0 bridgehead atoms. The van der Waals surface area contributed by atoms with E-state index in [0.717, 1.165) is 4.57 Å². The first-order chi connectivity index (χ1) is 13.4. The van der Waals surface area contributed by atoms with Crippen LogP contribution in [0.5, 0.6) is 5.75 Å². The molecule has 0 aliphatic rings. The van der Waals surface area contributed by atoms with Crippen LogP contribution in [-0.2, 0) is 20.5 Å². The summed E-state index contributed by atoms with van der Waals surface area (Å²) in [5.41, 5.74) is 0.657. The number of aryl methyl sites for hydroxylation is 2. The standard InChI is InChI=1S/C20H22N4O4/c1-5-12-11-21-17-15(19(26)24(4)20(27)23(17)3)16(12)22-18(25)13-9-7-8-10-14(13)28-6-2/h7-11H,5-6H2,1-4H3,(H,21,22,25). The van der Waals surface area contributed by atoms with Crippen molar-refractivity contribution >= 4 is 22.6 Å². The zero-order chi connectivity index (χ0) is 20.4. The van der Waals surface area contributed by atoms with Gasteiger partial charge in [0.25, 0.3) is 11.5 Å². The summed E-state index contributed by atoms with van der Waals surface area (Å²) in [5.74, 6) is 0.0568. The number of carbonyl (C=O) groups is 1. The number of pyridine rings is 1. The predicted octanol–water partition coefficient (Wildman–Crippen LogP) is 1.85.